The van der Waals surface area contributed by atoms with Crippen LogP contribution in [0.4, 0.5) is 10.5 Å². The molecular formula is C17H16ClN3O4S. The highest BCUT2D eigenvalue weighted by Gasteiger charge is 2.38. The molecule has 9 heteroatoms. The summed E-state index contributed by atoms with van der Waals surface area (Å²) in [7, 11) is -2.44. The van der Waals surface area contributed by atoms with E-state index in [4.69, 9.17) is 16.3 Å². The van der Waals surface area contributed by atoms with Gasteiger partial charge in [-0.1, -0.05) is 17.7 Å². The zero-order chi connectivity index (χ0) is 18.9. The molecule has 0 bridgehead atoms. The average Bonchev–Trinajstić information content (AvgIpc) is 2.79. The van der Waals surface area contributed by atoms with E-state index in [2.05, 4.69) is 10.3 Å². The van der Waals surface area contributed by atoms with E-state index in [0.717, 1.165) is 4.31 Å². The molecule has 2 aromatic carbocycles. The first-order chi connectivity index (χ1) is 12.3. The number of carbonyl (C=O) groups excluding carboxylic acids is 1. The van der Waals surface area contributed by atoms with E-state index in [1.54, 1.807) is 30.3 Å². The van der Waals surface area contributed by atoms with Crippen molar-refractivity contribution in [2.75, 3.05) is 19.0 Å². The van der Waals surface area contributed by atoms with E-state index < -0.39 is 16.1 Å². The highest BCUT2D eigenvalue weighted by molar-refractivity contribution is 7.90. The Bertz CT molecular complexity index is 988. The minimum atomic E-state index is -3.76. The van der Waals surface area contributed by atoms with Gasteiger partial charge in [0.15, 0.2) is 5.84 Å². The number of aliphatic imine (C=N–C) groups is 1. The number of sulfonamides is 1. The predicted octanol–water partition coefficient (Wildman–Crippen LogP) is 3.35. The highest BCUT2D eigenvalue weighted by Crippen LogP contribution is 2.34. The minimum Gasteiger partial charge on any atom is -0.494 e. The number of nitrogens with zero attached hydrogens (tertiary/aromatic N) is 2. The largest absolute Gasteiger partial charge is 0.494 e. The van der Waals surface area contributed by atoms with Crippen molar-refractivity contribution in [1.29, 1.82) is 0 Å². The number of hydrogen-bond acceptors (Lipinski definition) is 4. The Kier molecular flexibility index (Phi) is 4.88. The first-order valence-corrected chi connectivity index (χ1v) is 9.56. The number of fused-ring (bicyclic) bond motifs is 1. The van der Waals surface area contributed by atoms with E-state index in [9.17, 15) is 13.2 Å². The number of anilines is 1. The zero-order valence-corrected chi connectivity index (χ0v) is 15.6. The van der Waals surface area contributed by atoms with E-state index in [0.29, 0.717) is 18.0 Å². The summed E-state index contributed by atoms with van der Waals surface area (Å²) < 4.78 is 31.1. The number of hydrogen-bond donors (Lipinski definition) is 1. The molecule has 0 radical (unpaired) electrons. The fourth-order valence-electron chi connectivity index (χ4n) is 2.53. The molecule has 0 fully saturated rings. The lowest BCUT2D eigenvalue weighted by atomic mass is 10.2. The second-order valence-electron chi connectivity index (χ2n) is 5.41. The molecule has 26 heavy (non-hydrogen) atoms. The maximum absolute atomic E-state index is 12.4. The Morgan fingerprint density at radius 2 is 1.92 bits per heavy atom. The number of amidine groups is 1. The molecule has 0 saturated heterocycles. The summed E-state index contributed by atoms with van der Waals surface area (Å²) in [4.78, 5) is 16.2. The van der Waals surface area contributed by atoms with Crippen molar-refractivity contribution in [3.05, 3.63) is 53.1 Å². The molecule has 0 aromatic heterocycles. The number of benzene rings is 2. The number of rotatable bonds is 3. The van der Waals surface area contributed by atoms with Crippen LogP contribution in [0.25, 0.3) is 0 Å². The summed E-state index contributed by atoms with van der Waals surface area (Å²) in [5.74, 6) is 0.660. The van der Waals surface area contributed by atoms with E-state index >= 15 is 0 Å². The lowest BCUT2D eigenvalue weighted by Crippen LogP contribution is -2.27. The predicted molar refractivity (Wildman–Crippen MR) is 99.6 cm³/mol. The van der Waals surface area contributed by atoms with Crippen molar-refractivity contribution in [3.63, 3.8) is 0 Å². The maximum Gasteiger partial charge on any atom is 0.347 e. The van der Waals surface area contributed by atoms with Crippen molar-refractivity contribution in [2.24, 2.45) is 4.99 Å². The van der Waals surface area contributed by atoms with Gasteiger partial charge in [-0.15, -0.1) is 0 Å². The maximum atomic E-state index is 12.4. The molecule has 1 aliphatic heterocycles. The average molecular weight is 394 g/mol. The molecule has 0 aliphatic carbocycles. The smallest absolute Gasteiger partial charge is 0.347 e. The van der Waals surface area contributed by atoms with Crippen LogP contribution in [0, 0.1) is 0 Å². The topological polar surface area (TPSA) is 88.1 Å². The van der Waals surface area contributed by atoms with Gasteiger partial charge in [0, 0.05) is 12.7 Å². The zero-order valence-electron chi connectivity index (χ0n) is 14.1. The molecule has 1 N–H and O–H groups in total. The van der Waals surface area contributed by atoms with Crippen molar-refractivity contribution in [1.82, 2.24) is 4.31 Å². The molecule has 7 nitrogen and oxygen atoms in total. The van der Waals surface area contributed by atoms with Gasteiger partial charge in [0.2, 0.25) is 0 Å². The van der Waals surface area contributed by atoms with Crippen molar-refractivity contribution < 1.29 is 17.9 Å². The second-order valence-corrected chi connectivity index (χ2v) is 7.75. The monoisotopic (exact) mass is 393 g/mol. The Morgan fingerprint density at radius 1 is 1.23 bits per heavy atom. The number of amides is 2. The third-order valence-electron chi connectivity index (χ3n) is 3.76. The van der Waals surface area contributed by atoms with E-state index in [1.807, 2.05) is 6.92 Å². The van der Waals surface area contributed by atoms with Crippen molar-refractivity contribution in [3.8, 4) is 5.75 Å². The number of halogens is 1. The standard InChI is InChI=1S/C17H16ClN3O4S/c1-3-25-12-9-7-11(8-10-12)19-17(22)20-16-15-13(18)5-4-6-14(15)26(23,24)21(16)2/h4-10H,3H2,1-2H3,(H,19,22). The fourth-order valence-corrected chi connectivity index (χ4v) is 4.21. The number of ether oxygens (including phenoxy) is 1. The summed E-state index contributed by atoms with van der Waals surface area (Å²) >= 11 is 6.13. The summed E-state index contributed by atoms with van der Waals surface area (Å²) in [5.41, 5.74) is 0.726. The molecule has 0 atom stereocenters. The quantitative estimate of drug-likeness (QED) is 0.866. The molecule has 2 aromatic rings. The molecule has 2 amide bonds. The molecule has 1 aliphatic rings. The highest BCUT2D eigenvalue weighted by atomic mass is 35.5. The SMILES string of the molecule is CCOc1ccc(NC(=O)N=C2c3c(Cl)cccc3S(=O)(=O)N2C)cc1. The van der Waals surface area contributed by atoms with Gasteiger partial charge in [0.25, 0.3) is 10.0 Å². The minimum absolute atomic E-state index is 0.0194. The lowest BCUT2D eigenvalue weighted by molar-refractivity contribution is 0.259. The van der Waals surface area contributed by atoms with Crippen LogP contribution >= 0.6 is 11.6 Å². The van der Waals surface area contributed by atoms with Gasteiger partial charge in [0.1, 0.15) is 10.6 Å². The summed E-state index contributed by atoms with van der Waals surface area (Å²) in [5, 5.41) is 2.80. The Morgan fingerprint density at radius 3 is 2.58 bits per heavy atom. The summed E-state index contributed by atoms with van der Waals surface area (Å²) in [6, 6.07) is 10.6. The first kappa shape index (κ1) is 18.2. The van der Waals surface area contributed by atoms with Gasteiger partial charge in [-0.05, 0) is 43.3 Å². The van der Waals surface area contributed by atoms with Gasteiger partial charge < -0.3 is 10.1 Å². The van der Waals surface area contributed by atoms with Gasteiger partial charge in [0.05, 0.1) is 17.2 Å². The third-order valence-corrected chi connectivity index (χ3v) is 5.86. The van der Waals surface area contributed by atoms with Gasteiger partial charge >= 0.3 is 6.03 Å². The van der Waals surface area contributed by atoms with Crippen LogP contribution in [0.3, 0.4) is 0 Å². The van der Waals surface area contributed by atoms with Crippen LogP contribution in [0.15, 0.2) is 52.4 Å². The fraction of sp³-hybridized carbons (Fsp3) is 0.176. The number of carbonyl (C=O) groups is 1. The van der Waals surface area contributed by atoms with Crippen molar-refractivity contribution in [2.45, 2.75) is 11.8 Å². The second kappa shape index (κ2) is 6.97. The van der Waals surface area contributed by atoms with Crippen LogP contribution in [0.2, 0.25) is 5.02 Å². The molecule has 0 unspecified atom stereocenters. The molecule has 0 saturated carbocycles. The van der Waals surface area contributed by atoms with Crippen LogP contribution < -0.4 is 10.1 Å². The van der Waals surface area contributed by atoms with Gasteiger partial charge in [-0.3, -0.25) is 4.31 Å². The van der Waals surface area contributed by atoms with Crippen LogP contribution in [0.1, 0.15) is 12.5 Å². The van der Waals surface area contributed by atoms with Gasteiger partial charge in [-0.2, -0.15) is 4.99 Å². The van der Waals surface area contributed by atoms with Crippen LogP contribution in [0.5, 0.6) is 5.75 Å². The summed E-state index contributed by atoms with van der Waals surface area (Å²) in [6.45, 7) is 2.42. The van der Waals surface area contributed by atoms with Crippen molar-refractivity contribution >= 4 is 39.2 Å². The van der Waals surface area contributed by atoms with Crippen LogP contribution in [-0.2, 0) is 10.0 Å². The Labute approximate surface area is 156 Å². The number of urea groups is 1. The van der Waals surface area contributed by atoms with E-state index in [-0.39, 0.29) is 21.3 Å². The Balaban J connectivity index is 1.89. The normalized spacial score (nSPS) is 16.4. The molecule has 1 heterocycles. The van der Waals surface area contributed by atoms with E-state index in [1.165, 1.54) is 19.2 Å². The first-order valence-electron chi connectivity index (χ1n) is 7.75. The molecular weight excluding hydrogens is 378 g/mol. The van der Waals surface area contributed by atoms with Crippen LogP contribution in [-0.4, -0.2) is 38.2 Å². The summed E-state index contributed by atoms with van der Waals surface area (Å²) in [6.07, 6.45) is 0. The molecule has 0 spiro atoms. The molecule has 136 valence electrons. The Hall–Kier alpha value is -2.58. The lowest BCUT2D eigenvalue weighted by Gasteiger charge is -2.11. The number of nitrogens with one attached hydrogen (secondary N) is 1. The van der Waals surface area contributed by atoms with Gasteiger partial charge in [-0.25, -0.2) is 13.2 Å². The molecule has 3 rings (SSSR count). The third kappa shape index (κ3) is 3.25.